The molecule has 0 heterocycles. The van der Waals surface area contributed by atoms with E-state index in [4.69, 9.17) is 0 Å². The third-order valence-corrected chi connectivity index (χ3v) is 0.615. The molecule has 0 saturated heterocycles. The van der Waals surface area contributed by atoms with Gasteiger partial charge in [0, 0.05) is 12.6 Å². The number of hydrogen-bond donors (Lipinski definition) is 1. The normalized spacial score (nSPS) is 9.12. The summed E-state index contributed by atoms with van der Waals surface area (Å²) in [6.45, 7) is 3.42. The predicted molar refractivity (Wildman–Crippen MR) is 33.4 cm³/mol. The Kier molecular flexibility index (Phi) is 3.58. The molecule has 0 aliphatic carbocycles. The van der Waals surface area contributed by atoms with Crippen molar-refractivity contribution in [1.82, 2.24) is 5.32 Å². The average Bonchev–Trinajstić information content (AvgIpc) is 1.83. The summed E-state index contributed by atoms with van der Waals surface area (Å²) < 4.78 is 0. The molecule has 0 atom stereocenters. The van der Waals surface area contributed by atoms with Crippen LogP contribution in [0.4, 0.5) is 0 Å². The second-order valence-corrected chi connectivity index (χ2v) is 1.31. The van der Waals surface area contributed by atoms with Crippen LogP contribution in [0.5, 0.6) is 0 Å². The zero-order chi connectivity index (χ0) is 6.41. The zero-order valence-corrected chi connectivity index (χ0v) is 4.85. The first-order valence-electron chi connectivity index (χ1n) is 2.29. The largest absolute Gasteiger partial charge is 0.394 e. The average molecular weight is 111 g/mol. The minimum Gasteiger partial charge on any atom is -0.394 e. The molecule has 0 amide bonds. The number of carbonyl (C=O) groups excluding carboxylic acids is 1. The predicted octanol–water partition coefficient (Wildman–Crippen LogP) is 0.475. The summed E-state index contributed by atoms with van der Waals surface area (Å²) >= 11 is 0. The molecular weight excluding hydrogens is 102 g/mol. The third kappa shape index (κ3) is 3.15. The van der Waals surface area contributed by atoms with Crippen LogP contribution in [0.25, 0.3) is 0 Å². The van der Waals surface area contributed by atoms with Crippen molar-refractivity contribution < 1.29 is 4.79 Å². The maximum absolute atomic E-state index is 9.83. The van der Waals surface area contributed by atoms with Gasteiger partial charge in [0.05, 0.1) is 0 Å². The van der Waals surface area contributed by atoms with Crippen molar-refractivity contribution in [1.29, 1.82) is 0 Å². The highest BCUT2D eigenvalue weighted by molar-refractivity contribution is 5.76. The Hall–Kier alpha value is -1.05. The van der Waals surface area contributed by atoms with Crippen molar-refractivity contribution in [2.45, 2.75) is 0 Å². The standard InChI is InChI=1S/C6H9NO/c1-6(5-8)3-4-7-2/h3-5,7H,1H2,2H3/b4-3-. The zero-order valence-electron chi connectivity index (χ0n) is 4.85. The van der Waals surface area contributed by atoms with Gasteiger partial charge in [-0.1, -0.05) is 6.58 Å². The van der Waals surface area contributed by atoms with Crippen LogP contribution >= 0.6 is 0 Å². The van der Waals surface area contributed by atoms with Crippen molar-refractivity contribution in [3.8, 4) is 0 Å². The number of rotatable bonds is 3. The van der Waals surface area contributed by atoms with Gasteiger partial charge in [-0.2, -0.15) is 0 Å². The van der Waals surface area contributed by atoms with Crippen LogP contribution < -0.4 is 5.32 Å². The van der Waals surface area contributed by atoms with Gasteiger partial charge < -0.3 is 5.32 Å². The van der Waals surface area contributed by atoms with Gasteiger partial charge in [-0.15, -0.1) is 0 Å². The van der Waals surface area contributed by atoms with E-state index in [1.807, 2.05) is 0 Å². The summed E-state index contributed by atoms with van der Waals surface area (Å²) in [5, 5.41) is 2.73. The van der Waals surface area contributed by atoms with Crippen molar-refractivity contribution in [3.63, 3.8) is 0 Å². The SMILES string of the molecule is C=C(C=O)/C=C\NC. The van der Waals surface area contributed by atoms with E-state index in [2.05, 4.69) is 11.9 Å². The maximum Gasteiger partial charge on any atom is 0.149 e. The third-order valence-electron chi connectivity index (χ3n) is 0.615. The number of aldehydes is 1. The number of allylic oxidation sites excluding steroid dienone is 2. The molecule has 2 heteroatoms. The summed E-state index contributed by atoms with van der Waals surface area (Å²) in [7, 11) is 1.76. The van der Waals surface area contributed by atoms with Crippen molar-refractivity contribution in [3.05, 3.63) is 24.4 Å². The van der Waals surface area contributed by atoms with E-state index in [1.54, 1.807) is 19.3 Å². The van der Waals surface area contributed by atoms with Gasteiger partial charge in [-0.3, -0.25) is 4.79 Å². The Morgan fingerprint density at radius 2 is 2.38 bits per heavy atom. The van der Waals surface area contributed by atoms with E-state index in [1.165, 1.54) is 0 Å². The highest BCUT2D eigenvalue weighted by Crippen LogP contribution is 1.82. The quantitative estimate of drug-likeness (QED) is 0.326. The first-order valence-corrected chi connectivity index (χ1v) is 2.29. The van der Waals surface area contributed by atoms with Crippen LogP contribution in [0.3, 0.4) is 0 Å². The molecule has 0 aromatic rings. The molecular formula is C6H9NO. The Morgan fingerprint density at radius 3 is 2.75 bits per heavy atom. The van der Waals surface area contributed by atoms with Gasteiger partial charge in [0.15, 0.2) is 0 Å². The smallest absolute Gasteiger partial charge is 0.149 e. The lowest BCUT2D eigenvalue weighted by molar-refractivity contribution is -0.104. The van der Waals surface area contributed by atoms with Crippen LogP contribution in [0, 0.1) is 0 Å². The lowest BCUT2D eigenvalue weighted by Gasteiger charge is -1.82. The van der Waals surface area contributed by atoms with E-state index < -0.39 is 0 Å². The first kappa shape index (κ1) is 6.95. The topological polar surface area (TPSA) is 29.1 Å². The summed E-state index contributed by atoms with van der Waals surface area (Å²) in [6.07, 6.45) is 3.96. The number of hydrogen-bond acceptors (Lipinski definition) is 2. The second-order valence-electron chi connectivity index (χ2n) is 1.31. The summed E-state index contributed by atoms with van der Waals surface area (Å²) in [6, 6.07) is 0. The molecule has 0 aliphatic heterocycles. The van der Waals surface area contributed by atoms with Crippen LogP contribution in [0.1, 0.15) is 0 Å². The Balaban J connectivity index is 3.52. The second kappa shape index (κ2) is 4.12. The fourth-order valence-electron chi connectivity index (χ4n) is 0.230. The lowest BCUT2D eigenvalue weighted by atomic mass is 10.3. The molecule has 0 aromatic carbocycles. The molecule has 8 heavy (non-hydrogen) atoms. The van der Waals surface area contributed by atoms with Crippen LogP contribution in [0.2, 0.25) is 0 Å². The molecule has 0 fully saturated rings. The van der Waals surface area contributed by atoms with Crippen molar-refractivity contribution in [2.24, 2.45) is 0 Å². The van der Waals surface area contributed by atoms with E-state index >= 15 is 0 Å². The molecule has 0 rings (SSSR count). The van der Waals surface area contributed by atoms with Gasteiger partial charge in [0.1, 0.15) is 6.29 Å². The molecule has 44 valence electrons. The summed E-state index contributed by atoms with van der Waals surface area (Å²) in [5.74, 6) is 0. The molecule has 0 unspecified atom stereocenters. The lowest BCUT2D eigenvalue weighted by Crippen LogP contribution is -1.91. The molecule has 2 nitrogen and oxygen atoms in total. The Labute approximate surface area is 48.9 Å². The number of carbonyl (C=O) groups is 1. The Morgan fingerprint density at radius 1 is 1.75 bits per heavy atom. The molecule has 1 N–H and O–H groups in total. The van der Waals surface area contributed by atoms with Gasteiger partial charge >= 0.3 is 0 Å². The highest BCUT2D eigenvalue weighted by Gasteiger charge is 1.76. The van der Waals surface area contributed by atoms with Gasteiger partial charge in [-0.05, 0) is 12.3 Å². The van der Waals surface area contributed by atoms with Crippen LogP contribution in [-0.4, -0.2) is 13.3 Å². The summed E-state index contributed by atoms with van der Waals surface area (Å²) in [5.41, 5.74) is 0.472. The Bertz CT molecular complexity index is 116. The molecule has 0 aromatic heterocycles. The van der Waals surface area contributed by atoms with E-state index in [0.29, 0.717) is 11.9 Å². The molecule has 0 bridgehead atoms. The number of nitrogens with one attached hydrogen (secondary N) is 1. The van der Waals surface area contributed by atoms with E-state index in [-0.39, 0.29) is 0 Å². The van der Waals surface area contributed by atoms with Crippen LogP contribution in [-0.2, 0) is 4.79 Å². The minimum atomic E-state index is 0.472. The monoisotopic (exact) mass is 111 g/mol. The van der Waals surface area contributed by atoms with Gasteiger partial charge in [0.25, 0.3) is 0 Å². The van der Waals surface area contributed by atoms with Crippen molar-refractivity contribution >= 4 is 6.29 Å². The van der Waals surface area contributed by atoms with Gasteiger partial charge in [-0.25, -0.2) is 0 Å². The fourth-order valence-corrected chi connectivity index (χ4v) is 0.230. The first-order chi connectivity index (χ1) is 3.81. The summed E-state index contributed by atoms with van der Waals surface area (Å²) in [4.78, 5) is 9.83. The molecule has 0 radical (unpaired) electrons. The van der Waals surface area contributed by atoms with Crippen LogP contribution in [0.15, 0.2) is 24.4 Å². The maximum atomic E-state index is 9.83. The molecule has 0 aliphatic rings. The van der Waals surface area contributed by atoms with Crippen molar-refractivity contribution in [2.75, 3.05) is 7.05 Å². The van der Waals surface area contributed by atoms with E-state index in [0.717, 1.165) is 0 Å². The minimum absolute atomic E-state index is 0.472. The molecule has 0 saturated carbocycles. The van der Waals surface area contributed by atoms with Gasteiger partial charge in [0.2, 0.25) is 0 Å². The molecule has 0 spiro atoms. The fraction of sp³-hybridized carbons (Fsp3) is 0.167. The van der Waals surface area contributed by atoms with E-state index in [9.17, 15) is 4.79 Å². The highest BCUT2D eigenvalue weighted by atomic mass is 16.1.